The number of aliphatic carboxylic acids is 1. The number of hydrogen-bond donors (Lipinski definition) is 3. The van der Waals surface area contributed by atoms with Crippen molar-refractivity contribution in [2.75, 3.05) is 27.2 Å². The smallest absolute Gasteiger partial charge is 0.326 e. The van der Waals surface area contributed by atoms with Crippen LogP contribution in [0.3, 0.4) is 0 Å². The number of hydrogen-bond acceptors (Lipinski definition) is 3. The number of rotatable bonds is 8. The molecule has 0 bridgehead atoms. The molecule has 0 saturated carbocycles. The van der Waals surface area contributed by atoms with Crippen LogP contribution in [0.25, 0.3) is 0 Å². The van der Waals surface area contributed by atoms with Gasteiger partial charge in [-0.3, -0.25) is 0 Å². The van der Waals surface area contributed by atoms with Crippen LogP contribution in [0.4, 0.5) is 4.79 Å². The first-order chi connectivity index (χ1) is 8.68. The van der Waals surface area contributed by atoms with E-state index >= 15 is 0 Å². The van der Waals surface area contributed by atoms with Gasteiger partial charge in [-0.1, -0.05) is 19.9 Å². The molecule has 0 spiro atoms. The van der Waals surface area contributed by atoms with Crippen LogP contribution in [0.1, 0.15) is 20.3 Å². The van der Waals surface area contributed by atoms with Gasteiger partial charge in [0.05, 0.1) is 0 Å². The minimum Gasteiger partial charge on any atom is -0.480 e. The Hall–Kier alpha value is -1.56. The molecule has 0 aromatic carbocycles. The molecule has 1 atom stereocenters. The molecule has 0 aliphatic carbocycles. The van der Waals surface area contributed by atoms with Crippen LogP contribution < -0.4 is 10.6 Å². The molecule has 2 amide bonds. The second-order valence-electron chi connectivity index (χ2n) is 5.64. The molecule has 0 rings (SSSR count). The Bertz CT molecular complexity index is 327. The standard InChI is InChI=1S/C13H25N3O3/c1-6-7-10(11(17)18)15-12(19)14-8-13(2,3)9-16(4)5/h6,10H,1,7-9H2,2-5H3,(H,17,18)(H2,14,15,19). The maximum atomic E-state index is 11.6. The third-order valence-electron chi connectivity index (χ3n) is 2.48. The molecule has 0 fully saturated rings. The van der Waals surface area contributed by atoms with E-state index in [1.165, 1.54) is 6.08 Å². The van der Waals surface area contributed by atoms with Crippen molar-refractivity contribution in [3.8, 4) is 0 Å². The van der Waals surface area contributed by atoms with Gasteiger partial charge in [-0.25, -0.2) is 9.59 Å². The van der Waals surface area contributed by atoms with Crippen LogP contribution in [0, 0.1) is 5.41 Å². The van der Waals surface area contributed by atoms with Gasteiger partial charge in [0.25, 0.3) is 0 Å². The molecule has 6 heteroatoms. The van der Waals surface area contributed by atoms with Crippen molar-refractivity contribution < 1.29 is 14.7 Å². The molecule has 0 heterocycles. The molecular weight excluding hydrogens is 246 g/mol. The van der Waals surface area contributed by atoms with Gasteiger partial charge in [0.15, 0.2) is 0 Å². The summed E-state index contributed by atoms with van der Waals surface area (Å²) in [6.45, 7) is 8.83. The molecule has 1 unspecified atom stereocenters. The quantitative estimate of drug-likeness (QED) is 0.573. The zero-order valence-electron chi connectivity index (χ0n) is 12.2. The summed E-state index contributed by atoms with van der Waals surface area (Å²) in [5, 5.41) is 14.0. The molecule has 0 saturated heterocycles. The Kier molecular flexibility index (Phi) is 7.14. The lowest BCUT2D eigenvalue weighted by atomic mass is 9.93. The molecule has 0 radical (unpaired) electrons. The minimum atomic E-state index is -1.07. The lowest BCUT2D eigenvalue weighted by Crippen LogP contribution is -2.49. The zero-order chi connectivity index (χ0) is 15.1. The van der Waals surface area contributed by atoms with Crippen LogP contribution in [-0.2, 0) is 4.79 Å². The van der Waals surface area contributed by atoms with Crippen LogP contribution >= 0.6 is 0 Å². The summed E-state index contributed by atoms with van der Waals surface area (Å²) in [6.07, 6.45) is 1.67. The fourth-order valence-corrected chi connectivity index (χ4v) is 1.83. The zero-order valence-corrected chi connectivity index (χ0v) is 12.2. The van der Waals surface area contributed by atoms with Gasteiger partial charge in [-0.2, -0.15) is 0 Å². The van der Waals surface area contributed by atoms with E-state index in [0.717, 1.165) is 6.54 Å². The van der Waals surface area contributed by atoms with E-state index in [9.17, 15) is 9.59 Å². The fraction of sp³-hybridized carbons (Fsp3) is 0.692. The Morgan fingerprint density at radius 2 is 2.00 bits per heavy atom. The summed E-state index contributed by atoms with van der Waals surface area (Å²) in [7, 11) is 3.93. The van der Waals surface area contributed by atoms with E-state index < -0.39 is 18.0 Å². The summed E-state index contributed by atoms with van der Waals surface area (Å²) in [5.74, 6) is -1.07. The summed E-state index contributed by atoms with van der Waals surface area (Å²) in [5.41, 5.74) is -0.0853. The van der Waals surface area contributed by atoms with Gasteiger partial charge in [-0.15, -0.1) is 6.58 Å². The molecule has 0 aromatic heterocycles. The Morgan fingerprint density at radius 1 is 1.42 bits per heavy atom. The number of carbonyl (C=O) groups is 2. The molecule has 6 nitrogen and oxygen atoms in total. The van der Waals surface area contributed by atoms with Gasteiger partial charge in [0.2, 0.25) is 0 Å². The van der Waals surface area contributed by atoms with Crippen LogP contribution in [0.5, 0.6) is 0 Å². The van der Waals surface area contributed by atoms with Crippen molar-refractivity contribution in [3.63, 3.8) is 0 Å². The summed E-state index contributed by atoms with van der Waals surface area (Å²) in [4.78, 5) is 24.5. The lowest BCUT2D eigenvalue weighted by molar-refractivity contribution is -0.139. The molecule has 0 aliphatic heterocycles. The van der Waals surface area contributed by atoms with Gasteiger partial charge in [0, 0.05) is 13.1 Å². The largest absolute Gasteiger partial charge is 0.480 e. The van der Waals surface area contributed by atoms with Gasteiger partial charge < -0.3 is 20.6 Å². The fourth-order valence-electron chi connectivity index (χ4n) is 1.83. The Balaban J connectivity index is 4.23. The molecule has 3 N–H and O–H groups in total. The molecule has 0 aromatic rings. The minimum absolute atomic E-state index is 0.0853. The topological polar surface area (TPSA) is 81.7 Å². The van der Waals surface area contributed by atoms with Crippen molar-refractivity contribution in [3.05, 3.63) is 12.7 Å². The van der Waals surface area contributed by atoms with Crippen molar-refractivity contribution >= 4 is 12.0 Å². The van der Waals surface area contributed by atoms with E-state index in [2.05, 4.69) is 17.2 Å². The third kappa shape index (κ3) is 8.20. The second kappa shape index (κ2) is 7.78. The van der Waals surface area contributed by atoms with E-state index in [0.29, 0.717) is 6.54 Å². The highest BCUT2D eigenvalue weighted by atomic mass is 16.4. The average Bonchev–Trinajstić information content (AvgIpc) is 2.24. The number of nitrogens with zero attached hydrogens (tertiary/aromatic N) is 1. The number of urea groups is 1. The highest BCUT2D eigenvalue weighted by molar-refractivity contribution is 5.82. The Morgan fingerprint density at radius 3 is 2.42 bits per heavy atom. The number of carboxylic acid groups (broad SMARTS) is 1. The van der Waals surface area contributed by atoms with Crippen molar-refractivity contribution in [2.24, 2.45) is 5.41 Å². The van der Waals surface area contributed by atoms with Crippen molar-refractivity contribution in [1.29, 1.82) is 0 Å². The van der Waals surface area contributed by atoms with Crippen LogP contribution in [-0.4, -0.2) is 55.2 Å². The first-order valence-electron chi connectivity index (χ1n) is 6.21. The molecule has 19 heavy (non-hydrogen) atoms. The van der Waals surface area contributed by atoms with E-state index in [4.69, 9.17) is 5.11 Å². The molecular formula is C13H25N3O3. The van der Waals surface area contributed by atoms with Crippen molar-refractivity contribution in [1.82, 2.24) is 15.5 Å². The number of amides is 2. The highest BCUT2D eigenvalue weighted by Gasteiger charge is 2.22. The monoisotopic (exact) mass is 271 g/mol. The first-order valence-corrected chi connectivity index (χ1v) is 6.21. The van der Waals surface area contributed by atoms with E-state index in [1.807, 2.05) is 32.8 Å². The summed E-state index contributed by atoms with van der Waals surface area (Å²) < 4.78 is 0. The van der Waals surface area contributed by atoms with Gasteiger partial charge >= 0.3 is 12.0 Å². The van der Waals surface area contributed by atoms with Gasteiger partial charge in [0.1, 0.15) is 6.04 Å². The van der Waals surface area contributed by atoms with Gasteiger partial charge in [-0.05, 0) is 25.9 Å². The number of nitrogens with one attached hydrogen (secondary N) is 2. The van der Waals surface area contributed by atoms with E-state index in [-0.39, 0.29) is 11.8 Å². The molecule has 0 aliphatic rings. The molecule has 110 valence electrons. The number of carbonyl (C=O) groups excluding carboxylic acids is 1. The van der Waals surface area contributed by atoms with Crippen molar-refractivity contribution in [2.45, 2.75) is 26.3 Å². The normalized spacial score (nSPS) is 12.9. The van der Waals surface area contributed by atoms with Crippen LogP contribution in [0.15, 0.2) is 12.7 Å². The van der Waals surface area contributed by atoms with Crippen LogP contribution in [0.2, 0.25) is 0 Å². The maximum Gasteiger partial charge on any atom is 0.326 e. The maximum absolute atomic E-state index is 11.6. The average molecular weight is 271 g/mol. The third-order valence-corrected chi connectivity index (χ3v) is 2.48. The lowest BCUT2D eigenvalue weighted by Gasteiger charge is -2.28. The predicted octanol–water partition coefficient (Wildman–Crippen LogP) is 0.903. The second-order valence-corrected chi connectivity index (χ2v) is 5.64. The number of carboxylic acids is 1. The highest BCUT2D eigenvalue weighted by Crippen LogP contribution is 2.13. The summed E-state index contributed by atoms with van der Waals surface area (Å²) >= 11 is 0. The Labute approximate surface area is 114 Å². The first kappa shape index (κ1) is 17.4. The SMILES string of the molecule is C=CCC(NC(=O)NCC(C)(C)CN(C)C)C(=O)O. The van der Waals surface area contributed by atoms with E-state index in [1.54, 1.807) is 0 Å². The summed E-state index contributed by atoms with van der Waals surface area (Å²) in [6, 6.07) is -1.41. The predicted molar refractivity (Wildman–Crippen MR) is 75.1 cm³/mol.